The lowest BCUT2D eigenvalue weighted by atomic mass is 10.0. The molecule has 1 N–H and O–H groups in total. The van der Waals surface area contributed by atoms with Gasteiger partial charge in [0, 0.05) is 35.8 Å². The van der Waals surface area contributed by atoms with Crippen molar-refractivity contribution in [3.05, 3.63) is 35.2 Å². The molecule has 2 aromatic heterocycles. The van der Waals surface area contributed by atoms with Gasteiger partial charge in [0.1, 0.15) is 22.0 Å². The van der Waals surface area contributed by atoms with Gasteiger partial charge in [-0.2, -0.15) is 0 Å². The van der Waals surface area contributed by atoms with Crippen LogP contribution in [0.3, 0.4) is 0 Å². The Kier molecular flexibility index (Phi) is 6.01. The molecule has 0 bridgehead atoms. The summed E-state index contributed by atoms with van der Waals surface area (Å²) in [6.45, 7) is 6.56. The van der Waals surface area contributed by atoms with Crippen LogP contribution in [0.25, 0.3) is 21.5 Å². The van der Waals surface area contributed by atoms with Gasteiger partial charge in [-0.25, -0.2) is 14.4 Å². The summed E-state index contributed by atoms with van der Waals surface area (Å²) in [4.78, 5) is 23.2. The SMILES string of the molecule is Cc1nnc(-c2ccc3cnc(CC(=O)N4CC[C@H](NC(C)C)[C@@H](F)C4)nc3c2)s1. The van der Waals surface area contributed by atoms with Crippen molar-refractivity contribution in [2.45, 2.75) is 51.9 Å². The molecule has 1 aliphatic heterocycles. The van der Waals surface area contributed by atoms with E-state index in [-0.39, 0.29) is 31.0 Å². The summed E-state index contributed by atoms with van der Waals surface area (Å²) in [5.74, 6) is 0.298. The topological polar surface area (TPSA) is 83.9 Å². The molecule has 9 heteroatoms. The number of aromatic nitrogens is 4. The lowest BCUT2D eigenvalue weighted by Gasteiger charge is -2.36. The Balaban J connectivity index is 1.46. The van der Waals surface area contributed by atoms with Crippen LogP contribution in [0.5, 0.6) is 0 Å². The number of piperidine rings is 1. The molecule has 3 aromatic rings. The molecule has 0 aliphatic carbocycles. The molecule has 0 spiro atoms. The number of nitrogens with one attached hydrogen (secondary N) is 1. The summed E-state index contributed by atoms with van der Waals surface area (Å²) < 4.78 is 14.5. The molecule has 0 unspecified atom stereocenters. The maximum Gasteiger partial charge on any atom is 0.230 e. The summed E-state index contributed by atoms with van der Waals surface area (Å²) in [5.41, 5.74) is 1.69. The van der Waals surface area contributed by atoms with E-state index in [1.807, 2.05) is 39.0 Å². The first-order valence-electron chi connectivity index (χ1n) is 10.1. The van der Waals surface area contributed by atoms with Crippen molar-refractivity contribution in [2.24, 2.45) is 0 Å². The quantitative estimate of drug-likeness (QED) is 0.673. The van der Waals surface area contributed by atoms with Crippen molar-refractivity contribution >= 4 is 28.1 Å². The van der Waals surface area contributed by atoms with Gasteiger partial charge >= 0.3 is 0 Å². The summed E-state index contributed by atoms with van der Waals surface area (Å²) in [6, 6.07) is 5.86. The second kappa shape index (κ2) is 8.69. The Morgan fingerprint density at radius 2 is 2.20 bits per heavy atom. The number of hydrogen-bond acceptors (Lipinski definition) is 7. The van der Waals surface area contributed by atoms with Crippen LogP contribution in [0.1, 0.15) is 31.1 Å². The Hall–Kier alpha value is -2.52. The van der Waals surface area contributed by atoms with Gasteiger partial charge in [-0.05, 0) is 19.4 Å². The van der Waals surface area contributed by atoms with Crippen molar-refractivity contribution in [1.82, 2.24) is 30.4 Å². The van der Waals surface area contributed by atoms with Crippen molar-refractivity contribution in [1.29, 1.82) is 0 Å². The zero-order chi connectivity index (χ0) is 21.3. The molecule has 1 amide bonds. The summed E-state index contributed by atoms with van der Waals surface area (Å²) in [6.07, 6.45) is 1.32. The Labute approximate surface area is 178 Å². The highest BCUT2D eigenvalue weighted by Gasteiger charge is 2.31. The van der Waals surface area contributed by atoms with Gasteiger partial charge in [0.2, 0.25) is 5.91 Å². The number of benzene rings is 1. The van der Waals surface area contributed by atoms with E-state index < -0.39 is 6.17 Å². The number of rotatable bonds is 5. The number of nitrogens with zero attached hydrogens (tertiary/aromatic N) is 5. The summed E-state index contributed by atoms with van der Waals surface area (Å²) >= 11 is 1.52. The summed E-state index contributed by atoms with van der Waals surface area (Å²) in [7, 11) is 0. The molecule has 3 heterocycles. The molecule has 0 radical (unpaired) electrons. The third kappa shape index (κ3) is 4.62. The van der Waals surface area contributed by atoms with E-state index >= 15 is 0 Å². The predicted octanol–water partition coefficient (Wildman–Crippen LogP) is 2.94. The van der Waals surface area contributed by atoms with Crippen molar-refractivity contribution in [3.63, 3.8) is 0 Å². The molecule has 1 aliphatic rings. The fraction of sp³-hybridized carbons (Fsp3) is 0.476. The Morgan fingerprint density at radius 3 is 2.90 bits per heavy atom. The van der Waals surface area contributed by atoms with Crippen molar-refractivity contribution in [2.75, 3.05) is 13.1 Å². The van der Waals surface area contributed by atoms with Crippen LogP contribution in [0.2, 0.25) is 0 Å². The average Bonchev–Trinajstić information content (AvgIpc) is 3.15. The minimum Gasteiger partial charge on any atom is -0.339 e. The lowest BCUT2D eigenvalue weighted by molar-refractivity contribution is -0.133. The number of carbonyl (C=O) groups excluding carboxylic acids is 1. The van der Waals surface area contributed by atoms with Crippen LogP contribution in [-0.4, -0.2) is 62.3 Å². The third-order valence-electron chi connectivity index (χ3n) is 5.16. The molecule has 158 valence electrons. The maximum atomic E-state index is 14.5. The van der Waals surface area contributed by atoms with Crippen LogP contribution >= 0.6 is 11.3 Å². The second-order valence-electron chi connectivity index (χ2n) is 7.94. The Bertz CT molecular complexity index is 1050. The van der Waals surface area contributed by atoms with E-state index in [0.717, 1.165) is 26.5 Å². The maximum absolute atomic E-state index is 14.5. The largest absolute Gasteiger partial charge is 0.339 e. The first-order valence-corrected chi connectivity index (χ1v) is 10.9. The molecule has 4 rings (SSSR count). The zero-order valence-corrected chi connectivity index (χ0v) is 18.1. The molecule has 0 saturated carbocycles. The number of alkyl halides is 1. The number of halogens is 1. The van der Waals surface area contributed by atoms with E-state index in [2.05, 4.69) is 25.5 Å². The van der Waals surface area contributed by atoms with Gasteiger partial charge in [0.15, 0.2) is 0 Å². The van der Waals surface area contributed by atoms with Gasteiger partial charge in [-0.15, -0.1) is 10.2 Å². The standard InChI is InChI=1S/C21H25FN6OS/c1-12(2)24-17-6-7-28(11-16(17)22)20(29)9-19-23-10-15-5-4-14(8-18(15)25-19)21-27-26-13(3)30-21/h4-5,8,10,12,16-17,24H,6-7,9,11H2,1-3H3/t16-,17-/m0/s1. The first-order chi connectivity index (χ1) is 14.4. The van der Waals surface area contributed by atoms with Crippen molar-refractivity contribution in [3.8, 4) is 10.6 Å². The van der Waals surface area contributed by atoms with Gasteiger partial charge in [-0.3, -0.25) is 4.79 Å². The number of carbonyl (C=O) groups is 1. The minimum atomic E-state index is -1.07. The highest BCUT2D eigenvalue weighted by molar-refractivity contribution is 7.14. The molecular weight excluding hydrogens is 403 g/mol. The minimum absolute atomic E-state index is 0.0626. The smallest absolute Gasteiger partial charge is 0.230 e. The average molecular weight is 429 g/mol. The van der Waals surface area contributed by atoms with Gasteiger partial charge in [0.25, 0.3) is 0 Å². The number of hydrogen-bond donors (Lipinski definition) is 1. The first kappa shape index (κ1) is 20.7. The van der Waals surface area contributed by atoms with E-state index in [1.54, 1.807) is 11.1 Å². The molecule has 1 saturated heterocycles. The monoisotopic (exact) mass is 428 g/mol. The molecule has 2 atom stereocenters. The number of fused-ring (bicyclic) bond motifs is 1. The molecule has 30 heavy (non-hydrogen) atoms. The molecule has 1 fully saturated rings. The van der Waals surface area contributed by atoms with Gasteiger partial charge < -0.3 is 10.2 Å². The Morgan fingerprint density at radius 1 is 1.37 bits per heavy atom. The summed E-state index contributed by atoms with van der Waals surface area (Å²) in [5, 5.41) is 14.1. The number of likely N-dealkylation sites (tertiary alicyclic amines) is 1. The fourth-order valence-corrected chi connectivity index (χ4v) is 4.38. The van der Waals surface area contributed by atoms with E-state index in [1.165, 1.54) is 11.3 Å². The van der Waals surface area contributed by atoms with Gasteiger partial charge in [0.05, 0.1) is 18.5 Å². The predicted molar refractivity (Wildman–Crippen MR) is 115 cm³/mol. The highest BCUT2D eigenvalue weighted by Crippen LogP contribution is 2.26. The van der Waals surface area contributed by atoms with Crippen LogP contribution in [0.4, 0.5) is 4.39 Å². The fourth-order valence-electron chi connectivity index (χ4n) is 3.69. The van der Waals surface area contributed by atoms with Crippen LogP contribution in [0, 0.1) is 6.92 Å². The normalized spacial score (nSPS) is 19.6. The van der Waals surface area contributed by atoms with Crippen LogP contribution < -0.4 is 5.32 Å². The van der Waals surface area contributed by atoms with E-state index in [0.29, 0.717) is 18.8 Å². The lowest BCUT2D eigenvalue weighted by Crippen LogP contribution is -2.54. The van der Waals surface area contributed by atoms with Gasteiger partial charge in [-0.1, -0.05) is 37.3 Å². The third-order valence-corrected chi connectivity index (χ3v) is 6.04. The second-order valence-corrected chi connectivity index (χ2v) is 9.12. The van der Waals surface area contributed by atoms with E-state index in [9.17, 15) is 9.18 Å². The molecular formula is C21H25FN6OS. The van der Waals surface area contributed by atoms with E-state index in [4.69, 9.17) is 0 Å². The zero-order valence-electron chi connectivity index (χ0n) is 17.3. The molecule has 1 aromatic carbocycles. The highest BCUT2D eigenvalue weighted by atomic mass is 32.1. The van der Waals surface area contributed by atoms with Crippen LogP contribution in [-0.2, 0) is 11.2 Å². The van der Waals surface area contributed by atoms with Crippen LogP contribution in [0.15, 0.2) is 24.4 Å². The number of amides is 1. The molecule has 7 nitrogen and oxygen atoms in total. The number of aryl methyl sites for hydroxylation is 1. The van der Waals surface area contributed by atoms with Crippen molar-refractivity contribution < 1.29 is 9.18 Å².